The van der Waals surface area contributed by atoms with Crippen molar-refractivity contribution in [2.75, 3.05) is 4.43 Å². The Labute approximate surface area is 121 Å². The molecular weight excluding hydrogens is 351 g/mol. The van der Waals surface area contributed by atoms with E-state index >= 15 is 0 Å². The molecule has 0 N–H and O–H groups in total. The van der Waals surface area contributed by atoms with Gasteiger partial charge in [-0.2, -0.15) is 0 Å². The highest BCUT2D eigenvalue weighted by Crippen LogP contribution is 2.44. The summed E-state index contributed by atoms with van der Waals surface area (Å²) in [6, 6.07) is 0. The van der Waals surface area contributed by atoms with Gasteiger partial charge in [0.05, 0.1) is 6.10 Å². The smallest absolute Gasteiger partial charge is 0.190 e. The largest absolute Gasteiger partial charge is 0.343 e. The molecule has 3 fully saturated rings. The van der Waals surface area contributed by atoms with E-state index in [1.165, 1.54) is 0 Å². The van der Waals surface area contributed by atoms with Crippen LogP contribution in [0.3, 0.4) is 0 Å². The van der Waals surface area contributed by atoms with Crippen LogP contribution in [-0.2, 0) is 23.7 Å². The van der Waals surface area contributed by atoms with Gasteiger partial charge in [0, 0.05) is 4.43 Å². The summed E-state index contributed by atoms with van der Waals surface area (Å²) in [6.07, 6.45) is -0.809. The van der Waals surface area contributed by atoms with E-state index in [0.717, 1.165) is 4.43 Å². The number of hydrogen-bond donors (Lipinski definition) is 0. The fourth-order valence-electron chi connectivity index (χ4n) is 2.82. The van der Waals surface area contributed by atoms with Crippen LogP contribution in [0.15, 0.2) is 0 Å². The average Bonchev–Trinajstić information content (AvgIpc) is 2.71. The first-order chi connectivity index (χ1) is 8.31. The lowest BCUT2D eigenvalue weighted by Gasteiger charge is -2.36. The number of alkyl halides is 1. The predicted molar refractivity (Wildman–Crippen MR) is 71.4 cm³/mol. The molecule has 3 rings (SSSR count). The van der Waals surface area contributed by atoms with Crippen LogP contribution < -0.4 is 0 Å². The first-order valence-corrected chi connectivity index (χ1v) is 7.77. The Kier molecular flexibility index (Phi) is 3.20. The van der Waals surface area contributed by atoms with Gasteiger partial charge in [-0.15, -0.1) is 0 Å². The van der Waals surface area contributed by atoms with Crippen molar-refractivity contribution in [3.05, 3.63) is 0 Å². The van der Waals surface area contributed by atoms with E-state index in [-0.39, 0.29) is 30.7 Å². The SMILES string of the molecule is CC1(C)OC2[C@@H](O1)C(CI)O[C@@H]1OC(C)(C)O[C@@H]21. The van der Waals surface area contributed by atoms with Crippen LogP contribution in [0.4, 0.5) is 0 Å². The molecule has 0 aromatic carbocycles. The highest BCUT2D eigenvalue weighted by molar-refractivity contribution is 14.1. The third-order valence-corrected chi connectivity index (χ3v) is 4.27. The topological polar surface area (TPSA) is 46.2 Å². The molecule has 0 aliphatic carbocycles. The molecule has 5 nitrogen and oxygen atoms in total. The molecule has 0 saturated carbocycles. The van der Waals surface area contributed by atoms with Crippen molar-refractivity contribution in [3.63, 3.8) is 0 Å². The Balaban J connectivity index is 1.86. The maximum atomic E-state index is 5.98. The molecule has 2 unspecified atom stereocenters. The van der Waals surface area contributed by atoms with Crippen LogP contribution in [0.5, 0.6) is 0 Å². The van der Waals surface area contributed by atoms with Crippen LogP contribution in [0, 0.1) is 0 Å². The second-order valence-electron chi connectivity index (χ2n) is 5.86. The molecule has 3 saturated heterocycles. The van der Waals surface area contributed by atoms with E-state index < -0.39 is 11.6 Å². The van der Waals surface area contributed by atoms with Gasteiger partial charge in [0.1, 0.15) is 18.3 Å². The summed E-state index contributed by atoms with van der Waals surface area (Å²) in [6.45, 7) is 7.63. The zero-order chi connectivity index (χ0) is 13.1. The van der Waals surface area contributed by atoms with Gasteiger partial charge in [0.2, 0.25) is 0 Å². The van der Waals surface area contributed by atoms with Gasteiger partial charge in [-0.05, 0) is 27.7 Å². The Hall–Kier alpha value is 0.530. The molecule has 0 amide bonds. The van der Waals surface area contributed by atoms with Gasteiger partial charge in [0.25, 0.3) is 0 Å². The number of ether oxygens (including phenoxy) is 5. The molecule has 18 heavy (non-hydrogen) atoms. The fourth-order valence-corrected chi connectivity index (χ4v) is 3.53. The second-order valence-corrected chi connectivity index (χ2v) is 6.74. The summed E-state index contributed by atoms with van der Waals surface area (Å²) in [5.41, 5.74) is 0. The minimum atomic E-state index is -0.629. The molecule has 3 heterocycles. The predicted octanol–water partition coefficient (Wildman–Crippen LogP) is 1.82. The number of halogens is 1. The first-order valence-electron chi connectivity index (χ1n) is 6.24. The Morgan fingerprint density at radius 2 is 1.39 bits per heavy atom. The van der Waals surface area contributed by atoms with Crippen molar-refractivity contribution >= 4 is 22.6 Å². The van der Waals surface area contributed by atoms with Crippen molar-refractivity contribution in [1.29, 1.82) is 0 Å². The van der Waals surface area contributed by atoms with Gasteiger partial charge < -0.3 is 23.7 Å². The molecule has 3 aliphatic rings. The monoisotopic (exact) mass is 370 g/mol. The molecule has 0 aromatic rings. The Morgan fingerprint density at radius 3 is 2.06 bits per heavy atom. The lowest BCUT2D eigenvalue weighted by Crippen LogP contribution is -2.55. The Morgan fingerprint density at radius 1 is 0.833 bits per heavy atom. The zero-order valence-electron chi connectivity index (χ0n) is 11.0. The van der Waals surface area contributed by atoms with Crippen molar-refractivity contribution < 1.29 is 23.7 Å². The summed E-state index contributed by atoms with van der Waals surface area (Å²) in [5.74, 6) is -1.22. The summed E-state index contributed by atoms with van der Waals surface area (Å²) < 4.78 is 30.4. The standard InChI is InChI=1S/C12H19IO5/c1-11(2)15-7-6(5-13)14-10-9(8(7)16-11)17-12(3,4)18-10/h6-10H,5H2,1-4H3/t6?,7-,8?,9-,10+/m0/s1. The molecule has 5 atom stereocenters. The maximum Gasteiger partial charge on any atom is 0.190 e. The quantitative estimate of drug-likeness (QED) is 0.521. The third kappa shape index (κ3) is 2.20. The molecule has 3 aliphatic heterocycles. The van der Waals surface area contributed by atoms with Crippen molar-refractivity contribution in [2.45, 2.75) is 70.0 Å². The second kappa shape index (κ2) is 4.26. The minimum Gasteiger partial charge on any atom is -0.343 e. The molecule has 0 aromatic heterocycles. The number of hydrogen-bond acceptors (Lipinski definition) is 5. The molecule has 0 bridgehead atoms. The van der Waals surface area contributed by atoms with Crippen LogP contribution in [0.2, 0.25) is 0 Å². The van der Waals surface area contributed by atoms with Crippen LogP contribution in [0.25, 0.3) is 0 Å². The van der Waals surface area contributed by atoms with Crippen molar-refractivity contribution in [2.24, 2.45) is 0 Å². The highest BCUT2D eigenvalue weighted by Gasteiger charge is 2.60. The van der Waals surface area contributed by atoms with Crippen molar-refractivity contribution in [3.8, 4) is 0 Å². The van der Waals surface area contributed by atoms with Gasteiger partial charge in [-0.25, -0.2) is 0 Å². The van der Waals surface area contributed by atoms with Crippen LogP contribution >= 0.6 is 22.6 Å². The third-order valence-electron chi connectivity index (χ3n) is 3.40. The maximum absolute atomic E-state index is 5.98. The molecule has 0 radical (unpaired) electrons. The van der Waals surface area contributed by atoms with Gasteiger partial charge >= 0.3 is 0 Å². The fraction of sp³-hybridized carbons (Fsp3) is 1.00. The lowest BCUT2D eigenvalue weighted by molar-refractivity contribution is -0.227. The van der Waals surface area contributed by atoms with E-state index in [9.17, 15) is 0 Å². The zero-order valence-corrected chi connectivity index (χ0v) is 13.2. The molecule has 0 spiro atoms. The summed E-state index contributed by atoms with van der Waals surface area (Å²) in [7, 11) is 0. The summed E-state index contributed by atoms with van der Waals surface area (Å²) in [4.78, 5) is 0. The van der Waals surface area contributed by atoms with E-state index in [1.807, 2.05) is 27.7 Å². The normalized spacial score (nSPS) is 48.8. The number of rotatable bonds is 1. The van der Waals surface area contributed by atoms with Gasteiger partial charge in [-0.1, -0.05) is 22.6 Å². The molecular formula is C12H19IO5. The first kappa shape index (κ1) is 13.5. The number of fused-ring (bicyclic) bond motifs is 3. The van der Waals surface area contributed by atoms with E-state index in [1.54, 1.807) is 0 Å². The van der Waals surface area contributed by atoms with E-state index in [0.29, 0.717) is 0 Å². The minimum absolute atomic E-state index is 0.0175. The highest BCUT2D eigenvalue weighted by atomic mass is 127. The van der Waals surface area contributed by atoms with Crippen molar-refractivity contribution in [1.82, 2.24) is 0 Å². The van der Waals surface area contributed by atoms with Crippen LogP contribution in [0.1, 0.15) is 27.7 Å². The van der Waals surface area contributed by atoms with Crippen LogP contribution in [-0.4, -0.2) is 46.7 Å². The molecule has 104 valence electrons. The lowest BCUT2D eigenvalue weighted by atomic mass is 10.0. The van der Waals surface area contributed by atoms with E-state index in [4.69, 9.17) is 23.7 Å². The average molecular weight is 370 g/mol. The van der Waals surface area contributed by atoms with E-state index in [2.05, 4.69) is 22.6 Å². The summed E-state index contributed by atoms with van der Waals surface area (Å²) >= 11 is 2.30. The molecule has 6 heteroatoms. The Bertz CT molecular complexity index is 345. The summed E-state index contributed by atoms with van der Waals surface area (Å²) in [5, 5.41) is 0. The van der Waals surface area contributed by atoms with Gasteiger partial charge in [0.15, 0.2) is 17.9 Å². The van der Waals surface area contributed by atoms with Gasteiger partial charge in [-0.3, -0.25) is 0 Å².